The van der Waals surface area contributed by atoms with Gasteiger partial charge in [0.25, 0.3) is 0 Å². The largest absolute Gasteiger partial charge is 0.491 e. The summed E-state index contributed by atoms with van der Waals surface area (Å²) in [6.07, 6.45) is 5.62. The van der Waals surface area contributed by atoms with Crippen molar-refractivity contribution in [2.24, 2.45) is 0 Å². The number of rotatable bonds is 16. The van der Waals surface area contributed by atoms with Crippen LogP contribution in [-0.2, 0) is 0 Å². The van der Waals surface area contributed by atoms with Crippen LogP contribution < -0.4 is 10.1 Å². The first-order valence-corrected chi connectivity index (χ1v) is 10.2. The average Bonchev–Trinajstić information content (AvgIpc) is 2.67. The molecule has 0 spiro atoms. The summed E-state index contributed by atoms with van der Waals surface area (Å²) in [6.45, 7) is 3.41. The van der Waals surface area contributed by atoms with Crippen molar-refractivity contribution in [2.75, 3.05) is 19.7 Å². The fraction of sp³-hybridized carbons (Fsp3) is 0.714. The second-order valence-electron chi connectivity index (χ2n) is 7.06. The molecule has 5 nitrogen and oxygen atoms in total. The van der Waals surface area contributed by atoms with Crippen molar-refractivity contribution in [3.05, 3.63) is 30.1 Å². The minimum atomic E-state index is -0.691. The Morgan fingerprint density at radius 2 is 1.48 bits per heavy atom. The molecule has 6 heteroatoms. The number of ether oxygens (including phenoxy) is 1. The van der Waals surface area contributed by atoms with Gasteiger partial charge in [-0.1, -0.05) is 45.4 Å². The van der Waals surface area contributed by atoms with E-state index in [1.54, 1.807) is 12.1 Å². The first kappa shape index (κ1) is 23.8. The van der Waals surface area contributed by atoms with Crippen LogP contribution in [0.2, 0.25) is 0 Å². The summed E-state index contributed by atoms with van der Waals surface area (Å²) in [6, 6.07) is 5.78. The lowest BCUT2D eigenvalue weighted by Gasteiger charge is -2.17. The Labute approximate surface area is 162 Å². The van der Waals surface area contributed by atoms with Gasteiger partial charge in [0.05, 0.1) is 18.3 Å². The number of likely N-dealkylation sites (N-methyl/N-ethyl adjacent to an activating group) is 1. The minimum absolute atomic E-state index is 0.221. The van der Waals surface area contributed by atoms with E-state index in [1.807, 2.05) is 6.92 Å². The summed E-state index contributed by atoms with van der Waals surface area (Å²) >= 11 is 0. The van der Waals surface area contributed by atoms with E-state index < -0.39 is 18.3 Å². The highest BCUT2D eigenvalue weighted by Gasteiger charge is 2.14. The Morgan fingerprint density at radius 1 is 0.889 bits per heavy atom. The summed E-state index contributed by atoms with van der Waals surface area (Å²) in [5, 5.41) is 32.5. The number of aliphatic hydroxyl groups is 3. The molecule has 1 rings (SSSR count). The van der Waals surface area contributed by atoms with Gasteiger partial charge in [0, 0.05) is 6.54 Å². The zero-order chi connectivity index (χ0) is 19.9. The zero-order valence-corrected chi connectivity index (χ0v) is 16.4. The third-order valence-electron chi connectivity index (χ3n) is 4.59. The third kappa shape index (κ3) is 12.0. The predicted molar refractivity (Wildman–Crippen MR) is 105 cm³/mol. The van der Waals surface area contributed by atoms with E-state index in [9.17, 15) is 19.7 Å². The maximum Gasteiger partial charge on any atom is 0.123 e. The van der Waals surface area contributed by atoms with E-state index in [2.05, 4.69) is 5.32 Å². The molecule has 0 saturated carbocycles. The van der Waals surface area contributed by atoms with Crippen LogP contribution in [0.5, 0.6) is 5.75 Å². The van der Waals surface area contributed by atoms with E-state index in [1.165, 1.54) is 12.1 Å². The van der Waals surface area contributed by atoms with Gasteiger partial charge in [-0.05, 0) is 43.7 Å². The molecular weight excluding hydrogens is 349 g/mol. The molecule has 0 fully saturated rings. The van der Waals surface area contributed by atoms with Crippen molar-refractivity contribution in [3.63, 3.8) is 0 Å². The molecule has 0 radical (unpaired) electrons. The lowest BCUT2D eigenvalue weighted by molar-refractivity contribution is 0.0142. The second kappa shape index (κ2) is 14.8. The first-order valence-electron chi connectivity index (χ1n) is 10.2. The normalized spacial score (nSPS) is 14.7. The van der Waals surface area contributed by atoms with Crippen LogP contribution in [0.3, 0.4) is 0 Å². The molecule has 0 aromatic heterocycles. The standard InChI is InChI=1S/C21H36FNO4/c1-2-23-15-21(26)20(25)10-8-6-4-3-5-7-9-18(24)16-27-19-13-11-17(22)12-14-19/h11-14,18,20-21,23-26H,2-10,15-16H2,1H3/t18-,20+,21-/m0/s1. The zero-order valence-electron chi connectivity index (χ0n) is 16.4. The molecule has 3 atom stereocenters. The summed E-state index contributed by atoms with van der Waals surface area (Å²) in [5.41, 5.74) is 0. The Balaban J connectivity index is 1.93. The molecule has 1 aromatic rings. The van der Waals surface area contributed by atoms with Crippen molar-refractivity contribution in [1.82, 2.24) is 5.32 Å². The van der Waals surface area contributed by atoms with E-state index in [0.29, 0.717) is 25.1 Å². The molecule has 27 heavy (non-hydrogen) atoms. The van der Waals surface area contributed by atoms with E-state index in [-0.39, 0.29) is 12.4 Å². The summed E-state index contributed by atoms with van der Waals surface area (Å²) < 4.78 is 18.2. The van der Waals surface area contributed by atoms with Crippen molar-refractivity contribution < 1.29 is 24.4 Å². The quantitative estimate of drug-likeness (QED) is 0.329. The molecule has 1 aromatic carbocycles. The maximum atomic E-state index is 12.8. The number of benzene rings is 1. The minimum Gasteiger partial charge on any atom is -0.491 e. The summed E-state index contributed by atoms with van der Waals surface area (Å²) in [5.74, 6) is 0.260. The average molecular weight is 386 g/mol. The number of aliphatic hydroxyl groups excluding tert-OH is 3. The van der Waals surface area contributed by atoms with Gasteiger partial charge in [0.15, 0.2) is 0 Å². The number of hydrogen-bond donors (Lipinski definition) is 4. The lowest BCUT2D eigenvalue weighted by Crippen LogP contribution is -2.36. The highest BCUT2D eigenvalue weighted by molar-refractivity contribution is 5.22. The van der Waals surface area contributed by atoms with Crippen LogP contribution in [0.1, 0.15) is 58.3 Å². The fourth-order valence-corrected chi connectivity index (χ4v) is 2.87. The van der Waals surface area contributed by atoms with Gasteiger partial charge < -0.3 is 25.4 Å². The van der Waals surface area contributed by atoms with Crippen molar-refractivity contribution in [3.8, 4) is 5.75 Å². The molecule has 4 N–H and O–H groups in total. The molecule has 156 valence electrons. The first-order chi connectivity index (χ1) is 13.0. The molecule has 0 amide bonds. The Kier molecular flexibility index (Phi) is 13.1. The fourth-order valence-electron chi connectivity index (χ4n) is 2.87. The van der Waals surface area contributed by atoms with Gasteiger partial charge in [0.2, 0.25) is 0 Å². The van der Waals surface area contributed by atoms with Crippen LogP contribution in [-0.4, -0.2) is 53.3 Å². The maximum absolute atomic E-state index is 12.8. The summed E-state index contributed by atoms with van der Waals surface area (Å²) in [4.78, 5) is 0. The Morgan fingerprint density at radius 3 is 2.11 bits per heavy atom. The van der Waals surface area contributed by atoms with Crippen molar-refractivity contribution >= 4 is 0 Å². The van der Waals surface area contributed by atoms with Crippen LogP contribution in [0.25, 0.3) is 0 Å². The van der Waals surface area contributed by atoms with E-state index >= 15 is 0 Å². The molecule has 0 unspecified atom stereocenters. The van der Waals surface area contributed by atoms with Gasteiger partial charge in [-0.3, -0.25) is 0 Å². The van der Waals surface area contributed by atoms with Gasteiger partial charge in [-0.15, -0.1) is 0 Å². The van der Waals surface area contributed by atoms with Gasteiger partial charge in [0.1, 0.15) is 18.2 Å². The van der Waals surface area contributed by atoms with Crippen LogP contribution >= 0.6 is 0 Å². The summed E-state index contributed by atoms with van der Waals surface area (Å²) in [7, 11) is 0. The van der Waals surface area contributed by atoms with E-state index in [4.69, 9.17) is 4.74 Å². The monoisotopic (exact) mass is 385 g/mol. The van der Waals surface area contributed by atoms with Crippen LogP contribution in [0, 0.1) is 5.82 Å². The number of unbranched alkanes of at least 4 members (excludes halogenated alkanes) is 5. The second-order valence-corrected chi connectivity index (χ2v) is 7.06. The molecule has 0 aliphatic carbocycles. The van der Waals surface area contributed by atoms with Gasteiger partial charge >= 0.3 is 0 Å². The molecule has 0 aliphatic heterocycles. The molecular formula is C21H36FNO4. The topological polar surface area (TPSA) is 82.0 Å². The van der Waals surface area contributed by atoms with Gasteiger partial charge in [-0.2, -0.15) is 0 Å². The molecule has 0 saturated heterocycles. The smallest absolute Gasteiger partial charge is 0.123 e. The number of hydrogen-bond acceptors (Lipinski definition) is 5. The predicted octanol–water partition coefficient (Wildman–Crippen LogP) is 3.02. The highest BCUT2D eigenvalue weighted by atomic mass is 19.1. The lowest BCUT2D eigenvalue weighted by atomic mass is 10.0. The Hall–Kier alpha value is -1.21. The van der Waals surface area contributed by atoms with E-state index in [0.717, 1.165) is 45.1 Å². The van der Waals surface area contributed by atoms with Crippen LogP contribution in [0.4, 0.5) is 4.39 Å². The Bertz CT molecular complexity index is 472. The van der Waals surface area contributed by atoms with Gasteiger partial charge in [-0.25, -0.2) is 4.39 Å². The highest BCUT2D eigenvalue weighted by Crippen LogP contribution is 2.14. The van der Waals surface area contributed by atoms with Crippen LogP contribution in [0.15, 0.2) is 24.3 Å². The SMILES string of the molecule is CCNC[C@H](O)[C@H](O)CCCCCCCC[C@H](O)COc1ccc(F)cc1. The number of nitrogens with one attached hydrogen (secondary N) is 1. The third-order valence-corrected chi connectivity index (χ3v) is 4.59. The molecule has 0 bridgehead atoms. The van der Waals surface area contributed by atoms with Crippen molar-refractivity contribution in [2.45, 2.75) is 76.6 Å². The van der Waals surface area contributed by atoms with Crippen molar-refractivity contribution in [1.29, 1.82) is 0 Å². The molecule has 0 heterocycles. The molecule has 0 aliphatic rings. The number of halogens is 1.